The summed E-state index contributed by atoms with van der Waals surface area (Å²) >= 11 is 0. The van der Waals surface area contributed by atoms with E-state index in [0.717, 1.165) is 36.7 Å². The van der Waals surface area contributed by atoms with Gasteiger partial charge in [0.05, 0.1) is 0 Å². The zero-order valence-corrected chi connectivity index (χ0v) is 18.8. The Morgan fingerprint density at radius 2 is 1.56 bits per heavy atom. The summed E-state index contributed by atoms with van der Waals surface area (Å²) in [6.07, 6.45) is 8.67. The van der Waals surface area contributed by atoms with Gasteiger partial charge in [-0.05, 0) is 56.9 Å². The van der Waals surface area contributed by atoms with Gasteiger partial charge in [-0.2, -0.15) is 0 Å². The number of benzene rings is 1. The average Bonchev–Trinajstić information content (AvgIpc) is 2.70. The summed E-state index contributed by atoms with van der Waals surface area (Å²) in [6.45, 7) is 11.8. The minimum Gasteiger partial charge on any atom is -0.500 e. The van der Waals surface area contributed by atoms with E-state index < -0.39 is 8.80 Å². The molecule has 1 rings (SSSR count). The number of hydrogen-bond acceptors (Lipinski definition) is 4. The van der Waals surface area contributed by atoms with Gasteiger partial charge < -0.3 is 18.2 Å². The van der Waals surface area contributed by atoms with Crippen molar-refractivity contribution in [3.8, 4) is 5.75 Å². The molecule has 0 bridgehead atoms. The molecule has 5 heteroatoms. The first-order valence-electron chi connectivity index (χ1n) is 10.3. The van der Waals surface area contributed by atoms with Crippen LogP contribution in [0, 0.1) is 0 Å². The van der Waals surface area contributed by atoms with E-state index in [0.29, 0.717) is 0 Å². The Morgan fingerprint density at radius 1 is 0.963 bits per heavy atom. The highest BCUT2D eigenvalue weighted by Gasteiger charge is 2.41. The Bertz CT molecular complexity index is 512. The highest BCUT2D eigenvalue weighted by molar-refractivity contribution is 6.61. The van der Waals surface area contributed by atoms with E-state index in [4.69, 9.17) is 13.3 Å². The summed E-state index contributed by atoms with van der Waals surface area (Å²) < 4.78 is 18.0. The molecule has 154 valence electrons. The predicted octanol–water partition coefficient (Wildman–Crippen LogP) is 5.32. The lowest BCUT2D eigenvalue weighted by Gasteiger charge is -2.29. The smallest absolute Gasteiger partial charge is 0.500 e. The lowest BCUT2D eigenvalue weighted by atomic mass is 10.1. The van der Waals surface area contributed by atoms with E-state index in [9.17, 15) is 0 Å². The molecule has 1 aromatic carbocycles. The maximum Gasteiger partial charge on any atom is 0.565 e. The molecule has 0 heterocycles. The van der Waals surface area contributed by atoms with Gasteiger partial charge in [0.2, 0.25) is 0 Å². The first-order valence-corrected chi connectivity index (χ1v) is 12.3. The number of unbranched alkanes of at least 4 members (excludes halogenated alkanes) is 2. The third-order valence-corrected chi connectivity index (χ3v) is 7.58. The summed E-state index contributed by atoms with van der Waals surface area (Å²) in [6, 6.07) is 8.89. The molecule has 0 saturated heterocycles. The fraction of sp³-hybridized carbons (Fsp3) is 0.636. The summed E-state index contributed by atoms with van der Waals surface area (Å²) in [7, 11) is 0.677. The summed E-state index contributed by atoms with van der Waals surface area (Å²) in [5, 5.41) is 0. The number of allylic oxidation sites excluding steroid dienone is 1. The van der Waals surface area contributed by atoms with Crippen LogP contribution in [0.2, 0.25) is 6.04 Å². The van der Waals surface area contributed by atoms with E-state index in [1.807, 2.05) is 24.3 Å². The van der Waals surface area contributed by atoms with Crippen LogP contribution in [0.4, 0.5) is 0 Å². The standard InChI is InChI=1S/C22H39NO3Si/c1-6-9-17-23(18-10-7-2)19-13-20-27(24-4,25-5)26-22-16-12-11-15-21(22)14-8-3/h8,11-12,15-16H,3,6-7,9-10,13-14,17-20H2,1-2,4-5H3. The molecule has 0 spiro atoms. The van der Waals surface area contributed by atoms with Crippen molar-refractivity contribution >= 4 is 8.80 Å². The van der Waals surface area contributed by atoms with Crippen LogP contribution in [0.3, 0.4) is 0 Å². The highest BCUT2D eigenvalue weighted by atomic mass is 28.4. The van der Waals surface area contributed by atoms with Crippen molar-refractivity contribution in [3.63, 3.8) is 0 Å². The minimum atomic E-state index is -2.73. The second kappa shape index (κ2) is 13.9. The van der Waals surface area contributed by atoms with Crippen molar-refractivity contribution in [1.29, 1.82) is 0 Å². The van der Waals surface area contributed by atoms with Crippen LogP contribution in [0.1, 0.15) is 51.5 Å². The Labute approximate surface area is 167 Å². The predicted molar refractivity (Wildman–Crippen MR) is 116 cm³/mol. The van der Waals surface area contributed by atoms with Crippen LogP contribution in [0.15, 0.2) is 36.9 Å². The highest BCUT2D eigenvalue weighted by Crippen LogP contribution is 2.26. The lowest BCUT2D eigenvalue weighted by Crippen LogP contribution is -2.47. The maximum absolute atomic E-state index is 6.36. The van der Waals surface area contributed by atoms with Gasteiger partial charge in [0.15, 0.2) is 0 Å². The Hall–Kier alpha value is -1.14. The number of rotatable bonds is 16. The summed E-state index contributed by atoms with van der Waals surface area (Å²) in [5.41, 5.74) is 1.12. The molecule has 0 saturated carbocycles. The molecule has 0 N–H and O–H groups in total. The van der Waals surface area contributed by atoms with Crippen LogP contribution < -0.4 is 4.43 Å². The van der Waals surface area contributed by atoms with Crippen LogP contribution in [0.5, 0.6) is 5.75 Å². The second-order valence-electron chi connectivity index (χ2n) is 6.95. The first-order chi connectivity index (χ1) is 13.1. The van der Waals surface area contributed by atoms with E-state index in [1.165, 1.54) is 38.8 Å². The van der Waals surface area contributed by atoms with Crippen molar-refractivity contribution < 1.29 is 13.3 Å². The van der Waals surface area contributed by atoms with Crippen LogP contribution in [0.25, 0.3) is 0 Å². The fourth-order valence-electron chi connectivity index (χ4n) is 3.13. The molecule has 27 heavy (non-hydrogen) atoms. The Balaban J connectivity index is 2.71. The molecule has 0 aliphatic carbocycles. The zero-order valence-electron chi connectivity index (χ0n) is 17.8. The van der Waals surface area contributed by atoms with E-state index in [2.05, 4.69) is 31.4 Å². The first kappa shape index (κ1) is 23.9. The van der Waals surface area contributed by atoms with Gasteiger partial charge in [-0.1, -0.05) is 51.0 Å². The third-order valence-electron chi connectivity index (χ3n) is 4.84. The molecule has 0 aliphatic rings. The SMILES string of the molecule is C=CCc1ccccc1O[Si](CCCN(CCCC)CCCC)(OC)OC. The molecule has 0 radical (unpaired) electrons. The van der Waals surface area contributed by atoms with Gasteiger partial charge in [-0.15, -0.1) is 6.58 Å². The lowest BCUT2D eigenvalue weighted by molar-refractivity contribution is 0.156. The van der Waals surface area contributed by atoms with Crippen molar-refractivity contribution in [3.05, 3.63) is 42.5 Å². The number of hydrogen-bond donors (Lipinski definition) is 0. The van der Waals surface area contributed by atoms with E-state index in [1.54, 1.807) is 14.2 Å². The molecule has 0 aliphatic heterocycles. The average molecular weight is 394 g/mol. The van der Waals surface area contributed by atoms with E-state index in [-0.39, 0.29) is 0 Å². The van der Waals surface area contributed by atoms with Crippen molar-refractivity contribution in [2.45, 2.75) is 58.4 Å². The fourth-order valence-corrected chi connectivity index (χ4v) is 5.10. The van der Waals surface area contributed by atoms with Crippen LogP contribution >= 0.6 is 0 Å². The molecular formula is C22H39NO3Si. The maximum atomic E-state index is 6.36. The molecule has 0 unspecified atom stereocenters. The normalized spacial score (nSPS) is 11.7. The second-order valence-corrected chi connectivity index (χ2v) is 9.83. The molecule has 0 atom stereocenters. The number of para-hydroxylation sites is 1. The van der Waals surface area contributed by atoms with Crippen molar-refractivity contribution in [2.24, 2.45) is 0 Å². The molecule has 4 nitrogen and oxygen atoms in total. The Morgan fingerprint density at radius 3 is 2.11 bits per heavy atom. The van der Waals surface area contributed by atoms with Gasteiger partial charge >= 0.3 is 8.80 Å². The van der Waals surface area contributed by atoms with E-state index >= 15 is 0 Å². The number of nitrogens with zero attached hydrogens (tertiary/aromatic N) is 1. The monoisotopic (exact) mass is 393 g/mol. The molecule has 0 aromatic heterocycles. The minimum absolute atomic E-state index is 0.774. The van der Waals surface area contributed by atoms with Crippen molar-refractivity contribution in [1.82, 2.24) is 4.90 Å². The summed E-state index contributed by atoms with van der Waals surface area (Å²) in [5.74, 6) is 0.849. The van der Waals surface area contributed by atoms with Gasteiger partial charge in [0.1, 0.15) is 5.75 Å². The zero-order chi connectivity index (χ0) is 20.0. The van der Waals surface area contributed by atoms with Gasteiger partial charge in [0.25, 0.3) is 0 Å². The van der Waals surface area contributed by atoms with Crippen LogP contribution in [-0.4, -0.2) is 47.6 Å². The van der Waals surface area contributed by atoms with Gasteiger partial charge in [-0.3, -0.25) is 0 Å². The molecule has 0 fully saturated rings. The van der Waals surface area contributed by atoms with Gasteiger partial charge in [0, 0.05) is 20.3 Å². The molecule has 1 aromatic rings. The Kier molecular flexibility index (Phi) is 12.3. The molecular weight excluding hydrogens is 354 g/mol. The molecule has 0 amide bonds. The summed E-state index contributed by atoms with van der Waals surface area (Å²) in [4.78, 5) is 2.57. The quantitative estimate of drug-likeness (QED) is 0.281. The van der Waals surface area contributed by atoms with Crippen LogP contribution in [-0.2, 0) is 15.3 Å². The van der Waals surface area contributed by atoms with Gasteiger partial charge in [-0.25, -0.2) is 0 Å². The topological polar surface area (TPSA) is 30.9 Å². The largest absolute Gasteiger partial charge is 0.565 e. The third kappa shape index (κ3) is 8.60. The van der Waals surface area contributed by atoms with Crippen molar-refractivity contribution in [2.75, 3.05) is 33.9 Å².